The van der Waals surface area contributed by atoms with Crippen molar-refractivity contribution in [1.82, 2.24) is 9.38 Å². The van der Waals surface area contributed by atoms with Gasteiger partial charge in [-0.1, -0.05) is 24.3 Å². The average Bonchev–Trinajstić information content (AvgIpc) is 2.48. The van der Waals surface area contributed by atoms with Gasteiger partial charge in [0.15, 0.2) is 0 Å². The van der Waals surface area contributed by atoms with Crippen molar-refractivity contribution in [3.63, 3.8) is 0 Å². The van der Waals surface area contributed by atoms with Crippen LogP contribution in [-0.4, -0.2) is 16.4 Å². The minimum Gasteiger partial charge on any atom is -0.369 e. The number of anilines is 1. The molecule has 0 aliphatic rings. The molecule has 0 spiro atoms. The smallest absolute Gasteiger partial charge is 0.258 e. The summed E-state index contributed by atoms with van der Waals surface area (Å²) in [6, 6.07) is 17.2. The SMILES string of the molecule is CN(Cc1cc(=O)n2ccccc2n1)c1ccccc1. The Bertz CT molecular complexity index is 780. The Kier molecular flexibility index (Phi) is 3.21. The summed E-state index contributed by atoms with van der Waals surface area (Å²) in [4.78, 5) is 18.6. The molecule has 4 nitrogen and oxygen atoms in total. The lowest BCUT2D eigenvalue weighted by Crippen LogP contribution is -2.21. The molecular formula is C16H15N3O. The highest BCUT2D eigenvalue weighted by Gasteiger charge is 2.05. The molecule has 2 heterocycles. The van der Waals surface area contributed by atoms with Gasteiger partial charge in [0.25, 0.3) is 5.56 Å². The van der Waals surface area contributed by atoms with Gasteiger partial charge in [0.05, 0.1) is 12.2 Å². The number of benzene rings is 1. The van der Waals surface area contributed by atoms with Gasteiger partial charge in [-0.15, -0.1) is 0 Å². The zero-order valence-corrected chi connectivity index (χ0v) is 11.2. The van der Waals surface area contributed by atoms with Crippen molar-refractivity contribution in [2.24, 2.45) is 0 Å². The maximum Gasteiger partial charge on any atom is 0.258 e. The third-order valence-electron chi connectivity index (χ3n) is 3.22. The molecule has 0 fully saturated rings. The zero-order chi connectivity index (χ0) is 13.9. The van der Waals surface area contributed by atoms with Gasteiger partial charge in [-0.05, 0) is 24.3 Å². The first-order chi connectivity index (χ1) is 9.74. The van der Waals surface area contributed by atoms with E-state index in [1.54, 1.807) is 16.7 Å². The van der Waals surface area contributed by atoms with Crippen molar-refractivity contribution < 1.29 is 0 Å². The van der Waals surface area contributed by atoms with E-state index < -0.39 is 0 Å². The summed E-state index contributed by atoms with van der Waals surface area (Å²) in [5.74, 6) is 0. The second-order valence-electron chi connectivity index (χ2n) is 4.71. The van der Waals surface area contributed by atoms with Gasteiger partial charge in [-0.3, -0.25) is 9.20 Å². The molecule has 0 aliphatic heterocycles. The van der Waals surface area contributed by atoms with Gasteiger partial charge in [-0.2, -0.15) is 0 Å². The molecule has 0 aliphatic carbocycles. The van der Waals surface area contributed by atoms with Crippen LogP contribution in [0.4, 0.5) is 5.69 Å². The molecule has 3 aromatic rings. The van der Waals surface area contributed by atoms with Gasteiger partial charge >= 0.3 is 0 Å². The quantitative estimate of drug-likeness (QED) is 0.729. The van der Waals surface area contributed by atoms with E-state index in [-0.39, 0.29) is 5.56 Å². The standard InChI is InChI=1S/C16H15N3O/c1-18(14-7-3-2-4-8-14)12-13-11-16(20)19-10-6-5-9-15(19)17-13/h2-11H,12H2,1H3. The van der Waals surface area contributed by atoms with E-state index in [2.05, 4.69) is 9.88 Å². The molecule has 0 amide bonds. The van der Waals surface area contributed by atoms with Crippen molar-refractivity contribution in [3.05, 3.63) is 76.8 Å². The number of hydrogen-bond acceptors (Lipinski definition) is 3. The zero-order valence-electron chi connectivity index (χ0n) is 11.2. The van der Waals surface area contributed by atoms with Crippen LogP contribution in [0.3, 0.4) is 0 Å². The van der Waals surface area contributed by atoms with Crippen LogP contribution < -0.4 is 10.5 Å². The molecule has 0 unspecified atom stereocenters. The second kappa shape index (κ2) is 5.17. The highest BCUT2D eigenvalue weighted by atomic mass is 16.1. The predicted octanol–water partition coefficient (Wildman–Crippen LogP) is 2.33. The highest BCUT2D eigenvalue weighted by Crippen LogP contribution is 2.13. The maximum absolute atomic E-state index is 12.0. The van der Waals surface area contributed by atoms with E-state index in [0.717, 1.165) is 11.4 Å². The Balaban J connectivity index is 1.93. The molecule has 20 heavy (non-hydrogen) atoms. The first kappa shape index (κ1) is 12.4. The van der Waals surface area contributed by atoms with Gasteiger partial charge in [0, 0.05) is 25.0 Å². The number of fused-ring (bicyclic) bond motifs is 1. The summed E-state index contributed by atoms with van der Waals surface area (Å²) >= 11 is 0. The molecule has 0 N–H and O–H groups in total. The molecule has 0 atom stereocenters. The maximum atomic E-state index is 12.0. The molecule has 3 rings (SSSR count). The lowest BCUT2D eigenvalue weighted by atomic mass is 10.3. The van der Waals surface area contributed by atoms with Crippen LogP contribution in [0, 0.1) is 0 Å². The number of pyridine rings is 1. The van der Waals surface area contributed by atoms with E-state index in [1.807, 2.05) is 55.6 Å². The molecule has 100 valence electrons. The monoisotopic (exact) mass is 265 g/mol. The minimum atomic E-state index is -0.0490. The Morgan fingerprint density at radius 1 is 1.10 bits per heavy atom. The van der Waals surface area contributed by atoms with E-state index in [0.29, 0.717) is 12.2 Å². The van der Waals surface area contributed by atoms with Crippen molar-refractivity contribution in [2.45, 2.75) is 6.54 Å². The molecule has 2 aromatic heterocycles. The van der Waals surface area contributed by atoms with Crippen LogP contribution in [0.2, 0.25) is 0 Å². The van der Waals surface area contributed by atoms with Crippen molar-refractivity contribution in [2.75, 3.05) is 11.9 Å². The number of aromatic nitrogens is 2. The molecule has 1 aromatic carbocycles. The normalized spacial score (nSPS) is 10.7. The Morgan fingerprint density at radius 2 is 1.85 bits per heavy atom. The fourth-order valence-electron chi connectivity index (χ4n) is 2.20. The van der Waals surface area contributed by atoms with Crippen molar-refractivity contribution in [3.8, 4) is 0 Å². The molecule has 0 bridgehead atoms. The third kappa shape index (κ3) is 2.40. The summed E-state index contributed by atoms with van der Waals surface area (Å²) in [6.07, 6.45) is 1.73. The first-order valence-electron chi connectivity index (χ1n) is 6.47. The van der Waals surface area contributed by atoms with Crippen LogP contribution in [0.15, 0.2) is 65.6 Å². The molecule has 0 saturated carbocycles. The Labute approximate surface area is 116 Å². The van der Waals surface area contributed by atoms with Gasteiger partial charge in [0.2, 0.25) is 0 Å². The van der Waals surface area contributed by atoms with E-state index in [4.69, 9.17) is 0 Å². The van der Waals surface area contributed by atoms with Gasteiger partial charge in [0.1, 0.15) is 5.65 Å². The topological polar surface area (TPSA) is 37.6 Å². The fraction of sp³-hybridized carbons (Fsp3) is 0.125. The largest absolute Gasteiger partial charge is 0.369 e. The first-order valence-corrected chi connectivity index (χ1v) is 6.47. The number of rotatable bonds is 3. The Hall–Kier alpha value is -2.62. The van der Waals surface area contributed by atoms with Crippen LogP contribution in [0.25, 0.3) is 5.65 Å². The van der Waals surface area contributed by atoms with Gasteiger partial charge < -0.3 is 4.90 Å². The minimum absolute atomic E-state index is 0.0490. The lowest BCUT2D eigenvalue weighted by Gasteiger charge is -2.18. The van der Waals surface area contributed by atoms with Crippen LogP contribution in [0.5, 0.6) is 0 Å². The molecule has 0 radical (unpaired) electrons. The van der Waals surface area contributed by atoms with E-state index in [9.17, 15) is 4.79 Å². The van der Waals surface area contributed by atoms with Crippen molar-refractivity contribution >= 4 is 11.3 Å². The Morgan fingerprint density at radius 3 is 2.65 bits per heavy atom. The van der Waals surface area contributed by atoms with Gasteiger partial charge in [-0.25, -0.2) is 4.98 Å². The summed E-state index contributed by atoms with van der Waals surface area (Å²) in [6.45, 7) is 0.602. The predicted molar refractivity (Wildman–Crippen MR) is 80.0 cm³/mol. The van der Waals surface area contributed by atoms with Crippen LogP contribution in [0.1, 0.15) is 5.69 Å². The number of nitrogens with zero attached hydrogens (tertiary/aromatic N) is 3. The van der Waals surface area contributed by atoms with E-state index >= 15 is 0 Å². The average molecular weight is 265 g/mol. The van der Waals surface area contributed by atoms with Crippen molar-refractivity contribution in [1.29, 1.82) is 0 Å². The molecule has 4 heteroatoms. The summed E-state index contributed by atoms with van der Waals surface area (Å²) in [5, 5.41) is 0. The number of para-hydroxylation sites is 1. The lowest BCUT2D eigenvalue weighted by molar-refractivity contribution is 0.870. The summed E-state index contributed by atoms with van der Waals surface area (Å²) in [5.41, 5.74) is 2.50. The highest BCUT2D eigenvalue weighted by molar-refractivity contribution is 5.46. The summed E-state index contributed by atoms with van der Waals surface area (Å²) in [7, 11) is 1.99. The molecule has 0 saturated heterocycles. The van der Waals surface area contributed by atoms with Crippen LogP contribution >= 0.6 is 0 Å². The fourth-order valence-corrected chi connectivity index (χ4v) is 2.20. The number of hydrogen-bond donors (Lipinski definition) is 0. The van der Waals surface area contributed by atoms with Crippen LogP contribution in [-0.2, 0) is 6.54 Å². The van der Waals surface area contributed by atoms with E-state index in [1.165, 1.54) is 0 Å². The summed E-state index contributed by atoms with van der Waals surface area (Å²) < 4.78 is 1.55. The molecular weight excluding hydrogens is 250 g/mol. The third-order valence-corrected chi connectivity index (χ3v) is 3.22. The second-order valence-corrected chi connectivity index (χ2v) is 4.71.